The molecule has 0 aromatic heterocycles. The Morgan fingerprint density at radius 2 is 2.06 bits per heavy atom. The van der Waals surface area contributed by atoms with Crippen molar-refractivity contribution >= 4 is 21.6 Å². The summed E-state index contributed by atoms with van der Waals surface area (Å²) in [6.45, 7) is 4.46. The standard InChI is InChI=1S/C24H30ClFN4O5S/c1-24(2,13-17-6-8-18(26)9-7-17)28-15-19(31)16-35-20-4-3-5-21(12-20)36(32,33)29-30-10-11-34-22(14-27)23(30)25/h3-9,12,19,22-23,28-29,31H,10-11,13,15-16H2,1-2H3/t19-,22?,23?/m1/s1. The molecule has 1 fully saturated rings. The first-order valence-corrected chi connectivity index (χ1v) is 13.3. The number of ether oxygens (including phenoxy) is 2. The summed E-state index contributed by atoms with van der Waals surface area (Å²) in [4.78, 5) is 2.33. The Morgan fingerprint density at radius 3 is 2.75 bits per heavy atom. The van der Waals surface area contributed by atoms with Crippen molar-refractivity contribution in [3.8, 4) is 11.8 Å². The van der Waals surface area contributed by atoms with E-state index in [1.54, 1.807) is 18.2 Å². The third-order valence-electron chi connectivity index (χ3n) is 5.48. The lowest BCUT2D eigenvalue weighted by Crippen LogP contribution is -2.55. The molecule has 0 radical (unpaired) electrons. The smallest absolute Gasteiger partial charge is 0.253 e. The van der Waals surface area contributed by atoms with E-state index >= 15 is 0 Å². The molecule has 0 amide bonds. The van der Waals surface area contributed by atoms with Crippen LogP contribution in [0.1, 0.15) is 19.4 Å². The summed E-state index contributed by atoms with van der Waals surface area (Å²) in [6.07, 6.45) is -1.19. The average molecular weight is 541 g/mol. The number of aliphatic hydroxyl groups excluding tert-OH is 1. The van der Waals surface area contributed by atoms with Crippen LogP contribution in [0, 0.1) is 17.1 Å². The van der Waals surface area contributed by atoms with E-state index in [2.05, 4.69) is 10.1 Å². The number of β-amino-alcohol motifs (C(OH)–C–C–N with tert-alkyl or cyclic N) is 1. The number of nitrogens with one attached hydrogen (secondary N) is 2. The van der Waals surface area contributed by atoms with E-state index in [1.165, 1.54) is 35.3 Å². The van der Waals surface area contributed by atoms with Gasteiger partial charge >= 0.3 is 0 Å². The summed E-state index contributed by atoms with van der Waals surface area (Å²) in [5.74, 6) is -0.0245. The molecule has 12 heteroatoms. The molecule has 3 atom stereocenters. The molecule has 2 unspecified atom stereocenters. The lowest BCUT2D eigenvalue weighted by atomic mass is 9.94. The van der Waals surface area contributed by atoms with Crippen LogP contribution in [0.15, 0.2) is 53.4 Å². The molecule has 0 spiro atoms. The van der Waals surface area contributed by atoms with Gasteiger partial charge in [-0.25, -0.2) is 17.8 Å². The van der Waals surface area contributed by atoms with Crippen LogP contribution in [0.2, 0.25) is 0 Å². The molecule has 1 heterocycles. The Balaban J connectivity index is 1.52. The summed E-state index contributed by atoms with van der Waals surface area (Å²) in [6, 6.07) is 14.0. The fourth-order valence-electron chi connectivity index (χ4n) is 3.60. The third kappa shape index (κ3) is 8.11. The minimum Gasteiger partial charge on any atom is -0.491 e. The van der Waals surface area contributed by atoms with Gasteiger partial charge in [-0.3, -0.25) is 0 Å². The zero-order valence-electron chi connectivity index (χ0n) is 20.0. The zero-order chi connectivity index (χ0) is 26.3. The predicted molar refractivity (Wildman–Crippen MR) is 132 cm³/mol. The highest BCUT2D eigenvalue weighted by molar-refractivity contribution is 7.89. The first-order chi connectivity index (χ1) is 17.0. The van der Waals surface area contributed by atoms with Gasteiger partial charge in [-0.1, -0.05) is 18.2 Å². The number of halogens is 2. The predicted octanol–water partition coefficient (Wildman–Crippen LogP) is 2.16. The van der Waals surface area contributed by atoms with Crippen molar-refractivity contribution in [1.29, 1.82) is 5.26 Å². The van der Waals surface area contributed by atoms with Crippen LogP contribution in [0.5, 0.6) is 5.75 Å². The number of hydrogen-bond donors (Lipinski definition) is 3. The van der Waals surface area contributed by atoms with Crippen LogP contribution in [0.25, 0.3) is 0 Å². The lowest BCUT2D eigenvalue weighted by molar-refractivity contribution is -0.0247. The molecule has 3 N–H and O–H groups in total. The Bertz CT molecular complexity index is 1160. The molecule has 0 bridgehead atoms. The fourth-order valence-corrected chi connectivity index (χ4v) is 5.08. The van der Waals surface area contributed by atoms with Gasteiger partial charge < -0.3 is 19.9 Å². The number of hydrazine groups is 1. The van der Waals surface area contributed by atoms with Gasteiger partial charge in [0.15, 0.2) is 6.10 Å². The van der Waals surface area contributed by atoms with E-state index in [0.29, 0.717) is 6.42 Å². The number of morpholine rings is 1. The quantitative estimate of drug-likeness (QED) is 0.293. The first-order valence-electron chi connectivity index (χ1n) is 11.3. The summed E-state index contributed by atoms with van der Waals surface area (Å²) in [5, 5.41) is 24.0. The van der Waals surface area contributed by atoms with Gasteiger partial charge in [0.2, 0.25) is 0 Å². The number of nitrogens with zero attached hydrogens (tertiary/aromatic N) is 2. The van der Waals surface area contributed by atoms with Crippen LogP contribution in [-0.4, -0.2) is 68.1 Å². The van der Waals surface area contributed by atoms with Crippen molar-refractivity contribution in [1.82, 2.24) is 15.2 Å². The number of hydrogen-bond acceptors (Lipinski definition) is 8. The van der Waals surface area contributed by atoms with Gasteiger partial charge in [0, 0.05) is 24.7 Å². The molecule has 36 heavy (non-hydrogen) atoms. The highest BCUT2D eigenvalue weighted by Gasteiger charge is 2.33. The number of alkyl halides is 1. The highest BCUT2D eigenvalue weighted by Crippen LogP contribution is 2.21. The molecule has 1 saturated heterocycles. The molecule has 1 aliphatic heterocycles. The largest absolute Gasteiger partial charge is 0.491 e. The van der Waals surface area contributed by atoms with Gasteiger partial charge in [-0.15, -0.1) is 16.4 Å². The van der Waals surface area contributed by atoms with Gasteiger partial charge in [0.1, 0.15) is 29.8 Å². The second-order valence-electron chi connectivity index (χ2n) is 9.09. The number of rotatable bonds is 11. The fraction of sp³-hybridized carbons (Fsp3) is 0.458. The van der Waals surface area contributed by atoms with Crippen molar-refractivity contribution in [3.63, 3.8) is 0 Å². The van der Waals surface area contributed by atoms with Gasteiger partial charge in [0.25, 0.3) is 10.0 Å². The summed E-state index contributed by atoms with van der Waals surface area (Å²) >= 11 is 6.15. The van der Waals surface area contributed by atoms with Crippen LogP contribution < -0.4 is 14.9 Å². The van der Waals surface area contributed by atoms with E-state index in [-0.39, 0.29) is 48.3 Å². The van der Waals surface area contributed by atoms with E-state index in [9.17, 15) is 17.9 Å². The van der Waals surface area contributed by atoms with Crippen molar-refractivity contribution in [2.75, 3.05) is 26.3 Å². The van der Waals surface area contributed by atoms with Gasteiger partial charge in [-0.2, -0.15) is 5.26 Å². The van der Waals surface area contributed by atoms with E-state index < -0.39 is 27.7 Å². The second kappa shape index (κ2) is 12.3. The normalized spacial score (nSPS) is 20.0. The second-order valence-corrected chi connectivity index (χ2v) is 11.2. The minimum atomic E-state index is -4.00. The van der Waals surface area contributed by atoms with Crippen molar-refractivity contribution in [3.05, 3.63) is 59.9 Å². The first kappa shape index (κ1) is 28.3. The third-order valence-corrected chi connectivity index (χ3v) is 7.29. The molecular formula is C24H30ClFN4O5S. The molecule has 2 aromatic rings. The van der Waals surface area contributed by atoms with Gasteiger partial charge in [0.05, 0.1) is 17.6 Å². The van der Waals surface area contributed by atoms with E-state index in [4.69, 9.17) is 26.3 Å². The molecular weight excluding hydrogens is 511 g/mol. The molecule has 2 aromatic carbocycles. The monoisotopic (exact) mass is 540 g/mol. The van der Waals surface area contributed by atoms with Crippen molar-refractivity contribution in [2.45, 2.75) is 48.4 Å². The zero-order valence-corrected chi connectivity index (χ0v) is 21.6. The van der Waals surface area contributed by atoms with Crippen LogP contribution in [-0.2, 0) is 21.2 Å². The summed E-state index contributed by atoms with van der Waals surface area (Å²) in [5.41, 5.74) is -0.372. The molecule has 1 aliphatic rings. The molecule has 0 saturated carbocycles. The maximum atomic E-state index is 13.1. The lowest BCUT2D eigenvalue weighted by Gasteiger charge is -2.34. The Kier molecular flexibility index (Phi) is 9.66. The SMILES string of the molecule is CC(C)(Cc1ccc(F)cc1)NC[C@@H](O)COc1cccc(S(=O)(=O)NN2CCOC(C#N)C2Cl)c1. The number of nitriles is 1. The van der Waals surface area contributed by atoms with Crippen LogP contribution in [0.4, 0.5) is 4.39 Å². The van der Waals surface area contributed by atoms with E-state index in [1.807, 2.05) is 19.9 Å². The number of benzene rings is 2. The molecule has 0 aliphatic carbocycles. The average Bonchev–Trinajstić information content (AvgIpc) is 2.84. The van der Waals surface area contributed by atoms with Crippen LogP contribution >= 0.6 is 11.6 Å². The Hall–Kier alpha value is -2.30. The molecule has 3 rings (SSSR count). The number of aliphatic hydroxyl groups is 1. The van der Waals surface area contributed by atoms with E-state index in [0.717, 1.165) is 5.56 Å². The minimum absolute atomic E-state index is 0.0584. The summed E-state index contributed by atoms with van der Waals surface area (Å²) < 4.78 is 49.6. The maximum absolute atomic E-state index is 13.1. The topological polar surface area (TPSA) is 124 Å². The summed E-state index contributed by atoms with van der Waals surface area (Å²) in [7, 11) is -4.00. The Labute approximate surface area is 215 Å². The van der Waals surface area contributed by atoms with Crippen molar-refractivity contribution in [2.24, 2.45) is 0 Å². The molecule has 196 valence electrons. The number of sulfonamides is 1. The Morgan fingerprint density at radius 1 is 1.33 bits per heavy atom. The van der Waals surface area contributed by atoms with Gasteiger partial charge in [-0.05, 0) is 50.1 Å². The maximum Gasteiger partial charge on any atom is 0.253 e. The highest BCUT2D eigenvalue weighted by atomic mass is 35.5. The van der Waals surface area contributed by atoms with Crippen LogP contribution in [0.3, 0.4) is 0 Å². The van der Waals surface area contributed by atoms with Crippen molar-refractivity contribution < 1.29 is 27.4 Å². The molecule has 9 nitrogen and oxygen atoms in total.